The van der Waals surface area contributed by atoms with E-state index in [1.165, 1.54) is 13.8 Å². The maximum Gasteiger partial charge on any atom is 0.471 e. The van der Waals surface area contributed by atoms with Crippen LogP contribution in [0.3, 0.4) is 0 Å². The fourth-order valence-corrected chi connectivity index (χ4v) is 0.573. The molecule has 0 rings (SSSR count). The van der Waals surface area contributed by atoms with E-state index in [2.05, 4.69) is 0 Å². The number of halogens is 4. The van der Waals surface area contributed by atoms with Gasteiger partial charge < -0.3 is 5.32 Å². The largest absolute Gasteiger partial charge is 0.471 e. The van der Waals surface area contributed by atoms with Crippen molar-refractivity contribution < 1.29 is 22.4 Å². The van der Waals surface area contributed by atoms with Crippen LogP contribution in [0, 0.1) is 0 Å². The van der Waals surface area contributed by atoms with Gasteiger partial charge in [0.05, 0.1) is 0 Å². The molecule has 1 amide bonds. The van der Waals surface area contributed by atoms with Gasteiger partial charge in [-0.3, -0.25) is 4.79 Å². The van der Waals surface area contributed by atoms with Crippen molar-refractivity contribution in [2.24, 2.45) is 0 Å². The predicted molar refractivity (Wildman–Crippen MR) is 38.9 cm³/mol. The molecule has 0 saturated heterocycles. The molecule has 0 aromatic carbocycles. The summed E-state index contributed by atoms with van der Waals surface area (Å²) in [5.41, 5.74) is -1.57. The summed E-state index contributed by atoms with van der Waals surface area (Å²) in [5.74, 6) is -2.03. The summed E-state index contributed by atoms with van der Waals surface area (Å²) in [5, 5.41) is 1.58. The quantitative estimate of drug-likeness (QED) is 0.693. The van der Waals surface area contributed by atoms with Crippen molar-refractivity contribution in [1.82, 2.24) is 5.32 Å². The van der Waals surface area contributed by atoms with Gasteiger partial charge in [-0.05, 0) is 20.3 Å². The van der Waals surface area contributed by atoms with Crippen molar-refractivity contribution in [2.45, 2.75) is 32.1 Å². The van der Waals surface area contributed by atoms with Crippen molar-refractivity contribution in [1.29, 1.82) is 0 Å². The maximum atomic E-state index is 12.7. The molecule has 0 spiro atoms. The Labute approximate surface area is 73.3 Å². The molecule has 0 unspecified atom stereocenters. The van der Waals surface area contributed by atoms with Crippen molar-refractivity contribution in [2.75, 3.05) is 6.54 Å². The molecule has 2 nitrogen and oxygen atoms in total. The van der Waals surface area contributed by atoms with E-state index in [-0.39, 0.29) is 13.0 Å². The van der Waals surface area contributed by atoms with Gasteiger partial charge in [-0.1, -0.05) is 0 Å². The van der Waals surface area contributed by atoms with Gasteiger partial charge in [-0.25, -0.2) is 4.39 Å². The van der Waals surface area contributed by atoms with Crippen LogP contribution in [0.4, 0.5) is 17.6 Å². The van der Waals surface area contributed by atoms with E-state index in [0.717, 1.165) is 0 Å². The summed E-state index contributed by atoms with van der Waals surface area (Å²) >= 11 is 0. The van der Waals surface area contributed by atoms with E-state index in [1.54, 1.807) is 5.32 Å². The van der Waals surface area contributed by atoms with Crippen molar-refractivity contribution in [3.8, 4) is 0 Å². The molecule has 0 bridgehead atoms. The van der Waals surface area contributed by atoms with Gasteiger partial charge in [-0.15, -0.1) is 0 Å². The highest BCUT2D eigenvalue weighted by molar-refractivity contribution is 5.81. The van der Waals surface area contributed by atoms with Crippen LogP contribution in [0.15, 0.2) is 0 Å². The molecule has 6 heteroatoms. The lowest BCUT2D eigenvalue weighted by atomic mass is 10.1. The van der Waals surface area contributed by atoms with Crippen LogP contribution in [0.25, 0.3) is 0 Å². The SMILES string of the molecule is CC(C)(F)CCNC(=O)C(F)(F)F. The average Bonchev–Trinajstić information content (AvgIpc) is 1.82. The zero-order chi connectivity index (χ0) is 10.7. The molecule has 0 radical (unpaired) electrons. The summed E-state index contributed by atoms with van der Waals surface area (Å²) in [7, 11) is 0. The molecule has 0 aliphatic carbocycles. The first-order valence-electron chi connectivity index (χ1n) is 3.67. The molecule has 13 heavy (non-hydrogen) atoms. The molecule has 0 atom stereocenters. The molecule has 0 aromatic heterocycles. The van der Waals surface area contributed by atoms with E-state index < -0.39 is 17.8 Å². The van der Waals surface area contributed by atoms with E-state index in [1.807, 2.05) is 0 Å². The number of hydrogen-bond donors (Lipinski definition) is 1. The first-order chi connectivity index (χ1) is 5.63. The van der Waals surface area contributed by atoms with E-state index >= 15 is 0 Å². The van der Waals surface area contributed by atoms with Crippen LogP contribution in [-0.4, -0.2) is 24.3 Å². The molecule has 0 aromatic rings. The first-order valence-corrected chi connectivity index (χ1v) is 3.67. The summed E-state index contributed by atoms with van der Waals surface area (Å²) in [6, 6.07) is 0. The number of rotatable bonds is 3. The topological polar surface area (TPSA) is 29.1 Å². The lowest BCUT2D eigenvalue weighted by Crippen LogP contribution is -2.38. The Morgan fingerprint density at radius 3 is 2.00 bits per heavy atom. The zero-order valence-electron chi connectivity index (χ0n) is 7.33. The molecule has 0 fully saturated rings. The Balaban J connectivity index is 3.74. The maximum absolute atomic E-state index is 12.7. The molecule has 78 valence electrons. The third kappa shape index (κ3) is 6.36. The third-order valence-corrected chi connectivity index (χ3v) is 1.26. The van der Waals surface area contributed by atoms with Gasteiger partial charge in [-0.2, -0.15) is 13.2 Å². The highest BCUT2D eigenvalue weighted by atomic mass is 19.4. The summed E-state index contributed by atoms with van der Waals surface area (Å²) < 4.78 is 47.4. The highest BCUT2D eigenvalue weighted by Crippen LogP contribution is 2.15. The molecule has 0 saturated carbocycles. The normalized spacial score (nSPS) is 12.8. The Bertz CT molecular complexity index is 182. The summed E-state index contributed by atoms with van der Waals surface area (Å²) in [6.07, 6.45) is -5.03. The number of nitrogens with one attached hydrogen (secondary N) is 1. The van der Waals surface area contributed by atoms with Crippen LogP contribution in [0.1, 0.15) is 20.3 Å². The van der Waals surface area contributed by atoms with Crippen LogP contribution in [0.5, 0.6) is 0 Å². The second-order valence-electron chi connectivity index (χ2n) is 3.22. The van der Waals surface area contributed by atoms with E-state index in [9.17, 15) is 22.4 Å². The van der Waals surface area contributed by atoms with E-state index in [4.69, 9.17) is 0 Å². The number of amides is 1. The lowest BCUT2D eigenvalue weighted by molar-refractivity contribution is -0.173. The number of carbonyl (C=O) groups is 1. The van der Waals surface area contributed by atoms with Gasteiger partial charge in [0.1, 0.15) is 5.67 Å². The summed E-state index contributed by atoms with van der Waals surface area (Å²) in [4.78, 5) is 10.2. The Morgan fingerprint density at radius 1 is 1.23 bits per heavy atom. The van der Waals surface area contributed by atoms with Crippen LogP contribution in [0.2, 0.25) is 0 Å². The van der Waals surface area contributed by atoms with Crippen LogP contribution in [-0.2, 0) is 4.79 Å². The number of carbonyl (C=O) groups excluding carboxylic acids is 1. The van der Waals surface area contributed by atoms with Gasteiger partial charge in [0.15, 0.2) is 0 Å². The van der Waals surface area contributed by atoms with Crippen molar-refractivity contribution in [3.63, 3.8) is 0 Å². The standard InChI is InChI=1S/C7H11F4NO/c1-6(2,8)3-4-12-5(13)7(9,10)11/h3-4H2,1-2H3,(H,12,13). The minimum absolute atomic E-state index is 0.144. The monoisotopic (exact) mass is 201 g/mol. The smallest absolute Gasteiger partial charge is 0.348 e. The zero-order valence-corrected chi connectivity index (χ0v) is 7.33. The van der Waals surface area contributed by atoms with Gasteiger partial charge in [0, 0.05) is 6.54 Å². The second-order valence-corrected chi connectivity index (χ2v) is 3.22. The fraction of sp³-hybridized carbons (Fsp3) is 0.857. The molecular weight excluding hydrogens is 190 g/mol. The first kappa shape index (κ1) is 12.2. The van der Waals surface area contributed by atoms with E-state index in [0.29, 0.717) is 0 Å². The van der Waals surface area contributed by atoms with Crippen molar-refractivity contribution in [3.05, 3.63) is 0 Å². The van der Waals surface area contributed by atoms with Crippen LogP contribution >= 0.6 is 0 Å². The Morgan fingerprint density at radius 2 is 1.69 bits per heavy atom. The minimum Gasteiger partial charge on any atom is -0.348 e. The molecular formula is C7H11F4NO. The Kier molecular flexibility index (Phi) is 3.69. The van der Waals surface area contributed by atoms with Crippen molar-refractivity contribution >= 4 is 5.91 Å². The fourth-order valence-electron chi connectivity index (χ4n) is 0.573. The lowest BCUT2D eigenvalue weighted by Gasteiger charge is -2.14. The molecule has 0 aliphatic rings. The minimum atomic E-state index is -4.89. The second kappa shape index (κ2) is 3.93. The average molecular weight is 201 g/mol. The number of hydrogen-bond acceptors (Lipinski definition) is 1. The molecule has 1 N–H and O–H groups in total. The molecule has 0 aliphatic heterocycles. The van der Waals surface area contributed by atoms with Gasteiger partial charge in [0.2, 0.25) is 0 Å². The third-order valence-electron chi connectivity index (χ3n) is 1.26. The predicted octanol–water partition coefficient (Wildman–Crippen LogP) is 1.80. The van der Waals surface area contributed by atoms with Gasteiger partial charge in [0.25, 0.3) is 0 Å². The Hall–Kier alpha value is -0.810. The summed E-state index contributed by atoms with van der Waals surface area (Å²) in [6.45, 7) is 2.14. The molecule has 0 heterocycles. The highest BCUT2D eigenvalue weighted by Gasteiger charge is 2.38. The van der Waals surface area contributed by atoms with Crippen LogP contribution < -0.4 is 5.32 Å². The number of alkyl halides is 4. The van der Waals surface area contributed by atoms with Gasteiger partial charge >= 0.3 is 12.1 Å².